The van der Waals surface area contributed by atoms with Crippen LogP contribution in [0.4, 0.5) is 0 Å². The van der Waals surface area contributed by atoms with E-state index in [0.717, 1.165) is 43.9 Å². The minimum absolute atomic E-state index is 0.123. The van der Waals surface area contributed by atoms with E-state index in [1.807, 2.05) is 30.6 Å². The van der Waals surface area contributed by atoms with Crippen LogP contribution in [-0.4, -0.2) is 18.4 Å². The molecule has 1 N–H and O–H groups in total. The number of halogens is 2. The summed E-state index contributed by atoms with van der Waals surface area (Å²) in [6.07, 6.45) is 14.3. The zero-order chi connectivity index (χ0) is 23.3. The first kappa shape index (κ1) is 25.4. The summed E-state index contributed by atoms with van der Waals surface area (Å²) >= 11 is 12.3. The van der Waals surface area contributed by atoms with Crippen LogP contribution in [0.5, 0.6) is 5.75 Å². The van der Waals surface area contributed by atoms with Gasteiger partial charge in [0.15, 0.2) is 18.1 Å². The number of ether oxygens (including phenoxy) is 1. The predicted molar refractivity (Wildman–Crippen MR) is 130 cm³/mol. The second-order valence-electron chi connectivity index (χ2n) is 7.04. The number of pyridine rings is 1. The number of rotatable bonds is 12. The molecule has 0 spiro atoms. The van der Waals surface area contributed by atoms with E-state index < -0.39 is 5.97 Å². The molecule has 0 radical (unpaired) electrons. The number of esters is 1. The lowest BCUT2D eigenvalue weighted by molar-refractivity contribution is -0.697. The van der Waals surface area contributed by atoms with E-state index in [1.54, 1.807) is 12.1 Å². The molecule has 0 bridgehead atoms. The van der Waals surface area contributed by atoms with Crippen LogP contribution < -0.4 is 14.6 Å². The molecule has 1 amide bonds. The molecule has 0 fully saturated rings. The number of unbranched alkanes of at least 4 members (excludes halogenated alkanes) is 3. The van der Waals surface area contributed by atoms with Crippen molar-refractivity contribution in [2.45, 2.75) is 32.2 Å². The van der Waals surface area contributed by atoms with Crippen LogP contribution in [0.2, 0.25) is 10.0 Å². The number of aromatic nitrogens is 1. The van der Waals surface area contributed by atoms with Crippen molar-refractivity contribution >= 4 is 47.2 Å². The summed E-state index contributed by atoms with van der Waals surface area (Å²) in [5, 5.41) is 3.48. The third-order valence-electron chi connectivity index (χ3n) is 4.61. The van der Waals surface area contributed by atoms with Gasteiger partial charge in [0.25, 0.3) is 0 Å². The maximum atomic E-state index is 11.6. The summed E-state index contributed by atoms with van der Waals surface area (Å²) in [5.41, 5.74) is 1.58. The molecule has 0 saturated carbocycles. The average Bonchev–Trinajstić information content (AvgIpc) is 2.79. The van der Waals surface area contributed by atoms with Gasteiger partial charge in [0, 0.05) is 41.8 Å². The maximum absolute atomic E-state index is 11.6. The average molecular weight is 474 g/mol. The van der Waals surface area contributed by atoms with Gasteiger partial charge in [0.1, 0.15) is 6.54 Å². The molecular weight excluding hydrogens is 447 g/mol. The van der Waals surface area contributed by atoms with Crippen LogP contribution in [0.1, 0.15) is 36.8 Å². The molecular formula is C25H27Cl2N2O3+. The smallest absolute Gasteiger partial charge is 0.335 e. The molecule has 0 unspecified atom stereocenters. The highest BCUT2D eigenvalue weighted by atomic mass is 35.5. The number of aryl methyl sites for hydroxylation is 1. The SMILES string of the molecule is C=CC(=O)NCCCCCC[n+]1ccc(/C=C/c2cc(Cl)cc(Cl)c2OC(=O)C=C)cc1. The molecule has 1 heterocycles. The number of carbonyl (C=O) groups excluding carboxylic acids is 2. The van der Waals surface area contributed by atoms with Crippen molar-refractivity contribution in [1.82, 2.24) is 5.32 Å². The molecule has 7 heteroatoms. The van der Waals surface area contributed by atoms with Crippen LogP contribution in [-0.2, 0) is 16.1 Å². The quantitative estimate of drug-likeness (QED) is 0.147. The minimum atomic E-state index is -0.592. The van der Waals surface area contributed by atoms with Crippen molar-refractivity contribution in [2.75, 3.05) is 6.54 Å². The number of hydrogen-bond donors (Lipinski definition) is 1. The van der Waals surface area contributed by atoms with Gasteiger partial charge in [-0.3, -0.25) is 4.79 Å². The predicted octanol–water partition coefficient (Wildman–Crippen LogP) is 5.41. The number of nitrogens with one attached hydrogen (secondary N) is 1. The molecule has 2 aromatic rings. The summed E-state index contributed by atoms with van der Waals surface area (Å²) < 4.78 is 7.39. The topological polar surface area (TPSA) is 59.3 Å². The molecule has 0 atom stereocenters. The Labute approximate surface area is 199 Å². The molecule has 0 saturated heterocycles. The Morgan fingerprint density at radius 1 is 1.00 bits per heavy atom. The van der Waals surface area contributed by atoms with Gasteiger partial charge in [-0.05, 0) is 36.6 Å². The number of hydrogen-bond acceptors (Lipinski definition) is 3. The van der Waals surface area contributed by atoms with E-state index in [2.05, 4.69) is 23.0 Å². The standard InChI is InChI=1S/C25H26Cl2N2O3/c1-3-23(30)28-13-7-5-6-8-14-29-15-11-19(12-16-29)9-10-20-17-21(26)18-22(27)25(20)32-24(31)4-2/h3-4,9-12,15-18H,1-2,5-8,13-14H2/p+1/b10-9+. The lowest BCUT2D eigenvalue weighted by Crippen LogP contribution is -2.32. The molecule has 0 aliphatic carbocycles. The van der Waals surface area contributed by atoms with Gasteiger partial charge in [-0.15, -0.1) is 0 Å². The van der Waals surface area contributed by atoms with Gasteiger partial charge in [-0.2, -0.15) is 0 Å². The lowest BCUT2D eigenvalue weighted by atomic mass is 10.1. The Kier molecular flexibility index (Phi) is 10.7. The number of amides is 1. The van der Waals surface area contributed by atoms with E-state index in [9.17, 15) is 9.59 Å². The molecule has 0 aliphatic rings. The Hall–Kier alpha value is -2.89. The Bertz CT molecular complexity index is 985. The van der Waals surface area contributed by atoms with Gasteiger partial charge < -0.3 is 10.1 Å². The molecule has 0 aliphatic heterocycles. The third kappa shape index (κ3) is 8.69. The van der Waals surface area contributed by atoms with E-state index >= 15 is 0 Å². The normalized spacial score (nSPS) is 10.7. The molecule has 168 valence electrons. The van der Waals surface area contributed by atoms with Gasteiger partial charge in [0.05, 0.1) is 5.02 Å². The summed E-state index contributed by atoms with van der Waals surface area (Å²) in [6, 6.07) is 7.21. The van der Waals surface area contributed by atoms with Crippen LogP contribution in [0, 0.1) is 0 Å². The first-order chi connectivity index (χ1) is 15.4. The van der Waals surface area contributed by atoms with Crippen LogP contribution in [0.25, 0.3) is 12.2 Å². The van der Waals surface area contributed by atoms with Crippen molar-refractivity contribution in [1.29, 1.82) is 0 Å². The van der Waals surface area contributed by atoms with E-state index in [0.29, 0.717) is 17.1 Å². The van der Waals surface area contributed by atoms with E-state index in [1.165, 1.54) is 12.1 Å². The van der Waals surface area contributed by atoms with Gasteiger partial charge in [-0.1, -0.05) is 54.9 Å². The number of carbonyl (C=O) groups is 2. The van der Waals surface area contributed by atoms with Gasteiger partial charge >= 0.3 is 5.97 Å². The fourth-order valence-electron chi connectivity index (χ4n) is 2.93. The van der Waals surface area contributed by atoms with E-state index in [4.69, 9.17) is 27.9 Å². The van der Waals surface area contributed by atoms with E-state index in [-0.39, 0.29) is 16.7 Å². The maximum Gasteiger partial charge on any atom is 0.335 e. The van der Waals surface area contributed by atoms with Crippen molar-refractivity contribution in [3.05, 3.63) is 83.1 Å². The highest BCUT2D eigenvalue weighted by Crippen LogP contribution is 2.34. The van der Waals surface area contributed by atoms with Crippen LogP contribution in [0.3, 0.4) is 0 Å². The second-order valence-corrected chi connectivity index (χ2v) is 7.89. The first-order valence-corrected chi connectivity index (χ1v) is 11.1. The molecule has 5 nitrogen and oxygen atoms in total. The summed E-state index contributed by atoms with van der Waals surface area (Å²) in [4.78, 5) is 22.7. The summed E-state index contributed by atoms with van der Waals surface area (Å²) in [5.74, 6) is -0.472. The highest BCUT2D eigenvalue weighted by Gasteiger charge is 2.12. The number of benzene rings is 1. The highest BCUT2D eigenvalue weighted by molar-refractivity contribution is 6.36. The monoisotopic (exact) mass is 473 g/mol. The van der Waals surface area contributed by atoms with Crippen molar-refractivity contribution < 1.29 is 18.9 Å². The second kappa shape index (κ2) is 13.5. The summed E-state index contributed by atoms with van der Waals surface area (Å²) in [7, 11) is 0. The number of nitrogens with zero attached hydrogens (tertiary/aromatic N) is 1. The molecule has 1 aromatic carbocycles. The molecule has 2 rings (SSSR count). The zero-order valence-corrected chi connectivity index (χ0v) is 19.4. The molecule has 1 aromatic heterocycles. The lowest BCUT2D eigenvalue weighted by Gasteiger charge is -2.09. The molecule has 32 heavy (non-hydrogen) atoms. The van der Waals surface area contributed by atoms with Crippen LogP contribution in [0.15, 0.2) is 62.0 Å². The zero-order valence-electron chi connectivity index (χ0n) is 17.9. The van der Waals surface area contributed by atoms with Gasteiger partial charge in [0.2, 0.25) is 5.91 Å². The fourth-order valence-corrected chi connectivity index (χ4v) is 3.47. The van der Waals surface area contributed by atoms with Crippen molar-refractivity contribution in [2.24, 2.45) is 0 Å². The Balaban J connectivity index is 1.88. The minimum Gasteiger partial charge on any atom is -0.421 e. The van der Waals surface area contributed by atoms with Crippen molar-refractivity contribution in [3.63, 3.8) is 0 Å². The first-order valence-electron chi connectivity index (χ1n) is 10.3. The largest absolute Gasteiger partial charge is 0.421 e. The van der Waals surface area contributed by atoms with Gasteiger partial charge in [-0.25, -0.2) is 9.36 Å². The van der Waals surface area contributed by atoms with Crippen LogP contribution >= 0.6 is 23.2 Å². The summed E-state index contributed by atoms with van der Waals surface area (Å²) in [6.45, 7) is 8.44. The third-order valence-corrected chi connectivity index (χ3v) is 5.11. The van der Waals surface area contributed by atoms with Crippen molar-refractivity contribution in [3.8, 4) is 5.75 Å². The fraction of sp³-hybridized carbons (Fsp3) is 0.240. The Morgan fingerprint density at radius 3 is 2.41 bits per heavy atom. The Morgan fingerprint density at radius 2 is 1.72 bits per heavy atom.